The summed E-state index contributed by atoms with van der Waals surface area (Å²) < 4.78 is 26.0. The van der Waals surface area contributed by atoms with Crippen LogP contribution in [-0.4, -0.2) is 52.9 Å². The zero-order valence-corrected chi connectivity index (χ0v) is 17.8. The third-order valence-corrected chi connectivity index (χ3v) is 4.87. The van der Waals surface area contributed by atoms with E-state index < -0.39 is 52.6 Å². The summed E-state index contributed by atoms with van der Waals surface area (Å²) in [5.41, 5.74) is 9.76. The van der Waals surface area contributed by atoms with Crippen LogP contribution in [0.1, 0.15) is 18.8 Å². The van der Waals surface area contributed by atoms with Gasteiger partial charge in [-0.05, 0) is 5.53 Å². The molecule has 1 aromatic carbocycles. The Morgan fingerprint density at radius 2 is 1.97 bits per heavy atom. The standard InChI is InChI=1S/C17H17Cl3N4O6/c1-8(25)27-13-11(23-24-22)15(30-16(21)17(18,19)20)28-10-7-26-14(29-12(10)13)9-5-3-2-4-6-9/h2-6,10-15,21H,7H2,1H3. The normalized spacial score (nSPS) is 31.1. The number of hydrogen-bond acceptors (Lipinski definition) is 8. The van der Waals surface area contributed by atoms with Crippen LogP contribution in [0.15, 0.2) is 35.4 Å². The minimum Gasteiger partial charge on any atom is -0.459 e. The van der Waals surface area contributed by atoms with Crippen molar-refractivity contribution < 1.29 is 28.5 Å². The number of alkyl halides is 3. The van der Waals surface area contributed by atoms with Crippen LogP contribution in [0.25, 0.3) is 10.4 Å². The molecule has 0 spiro atoms. The van der Waals surface area contributed by atoms with Gasteiger partial charge in [-0.2, -0.15) is 0 Å². The van der Waals surface area contributed by atoms with Gasteiger partial charge >= 0.3 is 5.97 Å². The zero-order chi connectivity index (χ0) is 21.9. The van der Waals surface area contributed by atoms with Gasteiger partial charge < -0.3 is 23.7 Å². The molecular weight excluding hydrogens is 463 g/mol. The van der Waals surface area contributed by atoms with Gasteiger partial charge in [0.25, 0.3) is 3.79 Å². The summed E-state index contributed by atoms with van der Waals surface area (Å²) in [6.07, 6.45) is -4.84. The van der Waals surface area contributed by atoms with E-state index in [1.165, 1.54) is 6.92 Å². The third-order valence-electron chi connectivity index (χ3n) is 4.36. The summed E-state index contributed by atoms with van der Waals surface area (Å²) in [6.45, 7) is 1.25. The Morgan fingerprint density at radius 3 is 2.57 bits per heavy atom. The number of carbonyl (C=O) groups excluding carboxylic acids is 1. The Morgan fingerprint density at radius 1 is 1.27 bits per heavy atom. The molecule has 2 heterocycles. The van der Waals surface area contributed by atoms with E-state index in [9.17, 15) is 4.79 Å². The molecule has 0 bridgehead atoms. The number of carbonyl (C=O) groups is 1. The van der Waals surface area contributed by atoms with Crippen LogP contribution >= 0.6 is 34.8 Å². The quantitative estimate of drug-likeness (QED) is 0.133. The van der Waals surface area contributed by atoms with E-state index in [2.05, 4.69) is 10.0 Å². The van der Waals surface area contributed by atoms with Crippen molar-refractivity contribution in [2.24, 2.45) is 5.11 Å². The van der Waals surface area contributed by atoms with Crippen LogP contribution in [0.3, 0.4) is 0 Å². The molecule has 3 rings (SSSR count). The van der Waals surface area contributed by atoms with Crippen molar-refractivity contribution in [3.63, 3.8) is 0 Å². The average molecular weight is 480 g/mol. The van der Waals surface area contributed by atoms with Gasteiger partial charge in [-0.25, -0.2) is 0 Å². The smallest absolute Gasteiger partial charge is 0.303 e. The van der Waals surface area contributed by atoms with Crippen molar-refractivity contribution in [2.45, 2.75) is 47.7 Å². The van der Waals surface area contributed by atoms with Crippen LogP contribution in [0, 0.1) is 5.41 Å². The molecular formula is C17H17Cl3N4O6. The molecule has 0 radical (unpaired) electrons. The highest BCUT2D eigenvalue weighted by molar-refractivity contribution is 6.76. The molecule has 10 nitrogen and oxygen atoms in total. The molecule has 2 fully saturated rings. The van der Waals surface area contributed by atoms with Crippen LogP contribution in [0.2, 0.25) is 0 Å². The van der Waals surface area contributed by atoms with E-state index in [4.69, 9.17) is 69.4 Å². The summed E-state index contributed by atoms with van der Waals surface area (Å²) in [4.78, 5) is 14.5. The van der Waals surface area contributed by atoms with Gasteiger partial charge in [0, 0.05) is 17.4 Å². The lowest BCUT2D eigenvalue weighted by Gasteiger charge is -2.47. The molecule has 2 aliphatic rings. The number of fused-ring (bicyclic) bond motifs is 1. The van der Waals surface area contributed by atoms with Crippen LogP contribution in [0.5, 0.6) is 0 Å². The number of rotatable bonds is 4. The van der Waals surface area contributed by atoms with E-state index in [-0.39, 0.29) is 6.61 Å². The van der Waals surface area contributed by atoms with E-state index in [1.807, 2.05) is 30.3 Å². The molecule has 6 unspecified atom stereocenters. The summed E-state index contributed by atoms with van der Waals surface area (Å²) in [7, 11) is 0. The van der Waals surface area contributed by atoms with Gasteiger partial charge in [-0.3, -0.25) is 10.2 Å². The molecule has 1 aromatic rings. The first-order valence-electron chi connectivity index (χ1n) is 8.72. The first kappa shape index (κ1) is 22.9. The van der Waals surface area contributed by atoms with Crippen LogP contribution < -0.4 is 0 Å². The zero-order valence-electron chi connectivity index (χ0n) is 15.5. The Kier molecular flexibility index (Phi) is 7.30. The second-order valence-corrected chi connectivity index (χ2v) is 8.72. The summed E-state index contributed by atoms with van der Waals surface area (Å²) >= 11 is 17.0. The van der Waals surface area contributed by atoms with Gasteiger partial charge in [0.05, 0.1) is 6.61 Å². The maximum atomic E-state index is 11.7. The molecule has 6 atom stereocenters. The fraction of sp³-hybridized carbons (Fsp3) is 0.529. The Labute approximate surface area is 186 Å². The molecule has 162 valence electrons. The maximum Gasteiger partial charge on any atom is 0.303 e. The van der Waals surface area contributed by atoms with Crippen molar-refractivity contribution >= 4 is 46.7 Å². The van der Waals surface area contributed by atoms with Gasteiger partial charge in [-0.15, -0.1) is 0 Å². The number of nitrogens with zero attached hydrogens (tertiary/aromatic N) is 3. The Bertz CT molecular complexity index is 833. The van der Waals surface area contributed by atoms with Crippen molar-refractivity contribution in [3.8, 4) is 0 Å². The topological polar surface area (TPSA) is 136 Å². The number of benzene rings is 1. The second-order valence-electron chi connectivity index (χ2n) is 6.43. The fourth-order valence-electron chi connectivity index (χ4n) is 3.13. The number of nitrogens with one attached hydrogen (secondary N) is 1. The molecule has 13 heteroatoms. The lowest BCUT2D eigenvalue weighted by atomic mass is 9.96. The molecule has 30 heavy (non-hydrogen) atoms. The summed E-state index contributed by atoms with van der Waals surface area (Å²) in [5, 5.41) is 11.4. The third kappa shape index (κ3) is 5.28. The first-order chi connectivity index (χ1) is 14.2. The predicted molar refractivity (Wildman–Crippen MR) is 106 cm³/mol. The molecule has 2 saturated heterocycles. The molecule has 0 aromatic heterocycles. The van der Waals surface area contributed by atoms with E-state index in [1.54, 1.807) is 0 Å². The SMILES string of the molecule is CC(=O)OC1C(N=[N+]=[N-])C(OC(=N)C(Cl)(Cl)Cl)OC2COC(c3ccccc3)OC21. The average Bonchev–Trinajstić information content (AvgIpc) is 2.69. The highest BCUT2D eigenvalue weighted by atomic mass is 35.6. The van der Waals surface area contributed by atoms with Crippen molar-refractivity contribution in [2.75, 3.05) is 6.61 Å². The Hall–Kier alpha value is -1.78. The van der Waals surface area contributed by atoms with Crippen LogP contribution in [-0.2, 0) is 28.5 Å². The van der Waals surface area contributed by atoms with Gasteiger partial charge in [0.15, 0.2) is 6.29 Å². The molecule has 1 N–H and O–H groups in total. The van der Waals surface area contributed by atoms with E-state index in [0.717, 1.165) is 5.56 Å². The number of halogens is 3. The van der Waals surface area contributed by atoms with Gasteiger partial charge in [0.2, 0.25) is 12.2 Å². The van der Waals surface area contributed by atoms with Crippen LogP contribution in [0.4, 0.5) is 0 Å². The van der Waals surface area contributed by atoms with Crippen molar-refractivity contribution in [1.29, 1.82) is 5.41 Å². The van der Waals surface area contributed by atoms with E-state index in [0.29, 0.717) is 0 Å². The minimum atomic E-state index is -2.17. The highest BCUT2D eigenvalue weighted by Crippen LogP contribution is 2.38. The number of hydrogen-bond donors (Lipinski definition) is 1. The highest BCUT2D eigenvalue weighted by Gasteiger charge is 2.53. The number of ether oxygens (including phenoxy) is 5. The van der Waals surface area contributed by atoms with Crippen molar-refractivity contribution in [3.05, 3.63) is 46.3 Å². The van der Waals surface area contributed by atoms with E-state index >= 15 is 0 Å². The lowest BCUT2D eigenvalue weighted by Crippen LogP contribution is -2.63. The first-order valence-corrected chi connectivity index (χ1v) is 9.85. The Balaban J connectivity index is 1.89. The minimum absolute atomic E-state index is 0.0476. The van der Waals surface area contributed by atoms with Gasteiger partial charge in [0.1, 0.15) is 24.4 Å². The second kappa shape index (κ2) is 9.57. The molecule has 0 saturated carbocycles. The monoisotopic (exact) mass is 478 g/mol. The van der Waals surface area contributed by atoms with Crippen molar-refractivity contribution in [1.82, 2.24) is 0 Å². The lowest BCUT2D eigenvalue weighted by molar-refractivity contribution is -0.334. The molecule has 0 amide bonds. The molecule has 2 aliphatic heterocycles. The number of azide groups is 1. The fourth-order valence-corrected chi connectivity index (χ4v) is 3.26. The number of esters is 1. The predicted octanol–water partition coefficient (Wildman–Crippen LogP) is 3.80. The largest absolute Gasteiger partial charge is 0.459 e. The summed E-state index contributed by atoms with van der Waals surface area (Å²) in [6, 6.07) is 7.90. The van der Waals surface area contributed by atoms with Gasteiger partial charge in [-0.1, -0.05) is 70.2 Å². The molecule has 0 aliphatic carbocycles. The maximum absolute atomic E-state index is 11.7. The summed E-state index contributed by atoms with van der Waals surface area (Å²) in [5.74, 6) is -1.39.